The maximum atomic E-state index is 11.1. The van der Waals surface area contributed by atoms with E-state index in [0.29, 0.717) is 16.2 Å². The second-order valence-electron chi connectivity index (χ2n) is 4.16. The van der Waals surface area contributed by atoms with E-state index in [-0.39, 0.29) is 10.6 Å². The Bertz CT molecular complexity index is 701. The smallest absolute Gasteiger partial charge is 0.307 e. The Morgan fingerprint density at radius 3 is 2.00 bits per heavy atom. The van der Waals surface area contributed by atoms with Crippen LogP contribution in [0.25, 0.3) is 0 Å². The van der Waals surface area contributed by atoms with Crippen molar-refractivity contribution in [3.05, 3.63) is 16.0 Å². The van der Waals surface area contributed by atoms with Gasteiger partial charge in [0.25, 0.3) is 0 Å². The lowest BCUT2D eigenvalue weighted by molar-refractivity contribution is -0.304. The van der Waals surface area contributed by atoms with E-state index in [1.165, 1.54) is 0 Å². The first kappa shape index (κ1) is 17.9. The molecule has 0 atom stereocenters. The van der Waals surface area contributed by atoms with Crippen LogP contribution in [-0.2, 0) is 20.8 Å². The summed E-state index contributed by atoms with van der Waals surface area (Å²) in [4.78, 5) is 43.3. The van der Waals surface area contributed by atoms with E-state index in [1.807, 2.05) is 0 Å². The third-order valence-corrected chi connectivity index (χ3v) is 3.81. The number of thiophene rings is 1. The molecule has 23 heavy (non-hydrogen) atoms. The summed E-state index contributed by atoms with van der Waals surface area (Å²) in [5, 5.41) is 50.1. The fourth-order valence-electron chi connectivity index (χ4n) is 1.79. The van der Waals surface area contributed by atoms with Gasteiger partial charge in [-0.05, 0) is 0 Å². The molecule has 1 rings (SSSR count). The number of rotatable bonds is 8. The summed E-state index contributed by atoms with van der Waals surface area (Å²) in [6, 6.07) is 1.56. The third-order valence-electron chi connectivity index (χ3n) is 2.54. The fraction of sp³-hybridized carbons (Fsp3) is 0.250. The van der Waals surface area contributed by atoms with Crippen LogP contribution in [-0.4, -0.2) is 42.1 Å². The lowest BCUT2D eigenvalue weighted by Gasteiger charge is -2.24. The van der Waals surface area contributed by atoms with Gasteiger partial charge in [0, 0.05) is 5.56 Å². The van der Waals surface area contributed by atoms with Crippen molar-refractivity contribution in [2.75, 3.05) is 18.0 Å². The van der Waals surface area contributed by atoms with Gasteiger partial charge in [-0.1, -0.05) is 0 Å². The summed E-state index contributed by atoms with van der Waals surface area (Å²) in [5.74, 6) is -6.56. The molecule has 1 N–H and O–H groups in total. The minimum Gasteiger partial charge on any atom is -0.548 e. The minimum absolute atomic E-state index is 0.323. The number of nitrogens with zero attached hydrogens (tertiary/aromatic N) is 2. The topological polar surface area (TPSA) is 185 Å². The zero-order valence-corrected chi connectivity index (χ0v) is 12.0. The highest BCUT2D eigenvalue weighted by atomic mass is 32.1. The zero-order valence-electron chi connectivity index (χ0n) is 11.2. The summed E-state index contributed by atoms with van der Waals surface area (Å²) in [7, 11) is 0. The highest BCUT2D eigenvalue weighted by Crippen LogP contribution is 2.36. The van der Waals surface area contributed by atoms with E-state index in [1.54, 1.807) is 6.07 Å². The molecule has 1 aromatic rings. The van der Waals surface area contributed by atoms with Gasteiger partial charge >= 0.3 is 5.97 Å². The molecule has 0 saturated heterocycles. The molecule has 0 aliphatic rings. The van der Waals surface area contributed by atoms with Gasteiger partial charge in [0.2, 0.25) is 0 Å². The normalized spacial score (nSPS) is 9.87. The van der Waals surface area contributed by atoms with Gasteiger partial charge in [-0.25, -0.2) is 0 Å². The monoisotopic (exact) mass is 339 g/mol. The molecule has 1 heterocycles. The molecule has 0 unspecified atom stereocenters. The Labute approximate surface area is 132 Å². The van der Waals surface area contributed by atoms with Gasteiger partial charge < -0.3 is 39.7 Å². The van der Waals surface area contributed by atoms with Gasteiger partial charge in [0.15, 0.2) is 0 Å². The van der Waals surface area contributed by atoms with Crippen molar-refractivity contribution >= 4 is 40.2 Å². The van der Waals surface area contributed by atoms with Gasteiger partial charge in [-0.3, -0.25) is 4.79 Å². The number of aromatic carboxylic acids is 1. The average molecular weight is 339 g/mol. The van der Waals surface area contributed by atoms with Gasteiger partial charge in [0.1, 0.15) is 11.1 Å². The van der Waals surface area contributed by atoms with E-state index in [0.717, 1.165) is 0 Å². The first-order valence-corrected chi connectivity index (χ1v) is 6.62. The van der Waals surface area contributed by atoms with Crippen LogP contribution in [0.2, 0.25) is 0 Å². The Hall–Kier alpha value is -3.13. The lowest BCUT2D eigenvalue weighted by Crippen LogP contribution is -2.44. The second-order valence-corrected chi connectivity index (χ2v) is 5.16. The predicted molar refractivity (Wildman–Crippen MR) is 66.9 cm³/mol. The van der Waals surface area contributed by atoms with Crippen molar-refractivity contribution < 1.29 is 39.6 Å². The molecular formula is C12H7N2O8S-3. The Morgan fingerprint density at radius 1 is 1.13 bits per heavy atom. The molecule has 0 aliphatic heterocycles. The quantitative estimate of drug-likeness (QED) is 0.488. The largest absolute Gasteiger partial charge is 0.548 e. The van der Waals surface area contributed by atoms with Crippen LogP contribution in [0.1, 0.15) is 20.8 Å². The van der Waals surface area contributed by atoms with Crippen molar-refractivity contribution in [1.82, 2.24) is 0 Å². The summed E-state index contributed by atoms with van der Waals surface area (Å²) >= 11 is 0.349. The van der Waals surface area contributed by atoms with Crippen molar-refractivity contribution in [3.63, 3.8) is 0 Å². The number of aliphatic carboxylic acids is 3. The van der Waals surface area contributed by atoms with E-state index in [9.17, 15) is 34.5 Å². The minimum atomic E-state index is -1.77. The molecule has 0 saturated carbocycles. The number of carbonyl (C=O) groups excluding carboxylic acids is 3. The molecule has 0 fully saturated rings. The molecule has 0 radical (unpaired) electrons. The standard InChI is InChI=1S/C12H10N2O8S/c13-2-6-5(1-7(15)16)10(12(21)22)23-11(6)14(3-8(17)18)4-9(19)20/h1,3-4H2,(H,15,16)(H,17,18)(H,19,20)(H,21,22)/p-3. The Balaban J connectivity index is 3.51. The Kier molecular flexibility index (Phi) is 5.63. The third kappa shape index (κ3) is 4.42. The lowest BCUT2D eigenvalue weighted by atomic mass is 10.1. The molecule has 0 amide bonds. The number of carbonyl (C=O) groups is 4. The molecule has 0 bridgehead atoms. The summed E-state index contributed by atoms with van der Waals surface area (Å²) in [6.45, 7) is -1.91. The van der Waals surface area contributed by atoms with Gasteiger partial charge in [0.05, 0.1) is 47.9 Å². The van der Waals surface area contributed by atoms with E-state index in [4.69, 9.17) is 10.4 Å². The number of carboxylic acids is 4. The van der Waals surface area contributed by atoms with Crippen LogP contribution in [0.15, 0.2) is 0 Å². The molecule has 1 aromatic heterocycles. The number of carboxylic acid groups (broad SMARTS) is 4. The van der Waals surface area contributed by atoms with Gasteiger partial charge in [-0.2, -0.15) is 5.26 Å². The van der Waals surface area contributed by atoms with Crippen molar-refractivity contribution in [1.29, 1.82) is 5.26 Å². The number of hydrogen-bond donors (Lipinski definition) is 1. The summed E-state index contributed by atoms with van der Waals surface area (Å²) in [6.07, 6.45) is -0.826. The maximum Gasteiger partial charge on any atom is 0.307 e. The van der Waals surface area contributed by atoms with Crippen molar-refractivity contribution in [2.24, 2.45) is 0 Å². The van der Waals surface area contributed by atoms with E-state index < -0.39 is 53.8 Å². The van der Waals surface area contributed by atoms with E-state index in [2.05, 4.69) is 0 Å². The number of anilines is 1. The zero-order chi connectivity index (χ0) is 17.7. The summed E-state index contributed by atoms with van der Waals surface area (Å²) in [5.41, 5.74) is -0.833. The Morgan fingerprint density at radius 2 is 1.65 bits per heavy atom. The molecule has 0 aliphatic carbocycles. The SMILES string of the molecule is N#Cc1c(N(CC(=O)[O-])CC(=O)[O-])sc(C(=O)[O-])c1CC(=O)O. The molecule has 0 spiro atoms. The molecule has 10 nitrogen and oxygen atoms in total. The highest BCUT2D eigenvalue weighted by Gasteiger charge is 2.24. The van der Waals surface area contributed by atoms with Crippen LogP contribution < -0.4 is 20.2 Å². The predicted octanol–water partition coefficient (Wildman–Crippen LogP) is -4.08. The van der Waals surface area contributed by atoms with Crippen LogP contribution in [0.5, 0.6) is 0 Å². The maximum absolute atomic E-state index is 11.1. The second kappa shape index (κ2) is 7.23. The van der Waals surface area contributed by atoms with Crippen molar-refractivity contribution in [3.8, 4) is 6.07 Å². The molecule has 11 heteroatoms. The number of nitriles is 1. The molecular weight excluding hydrogens is 332 g/mol. The molecule has 122 valence electrons. The summed E-state index contributed by atoms with van der Waals surface area (Å²) < 4.78 is 0. The molecule has 0 aromatic carbocycles. The van der Waals surface area contributed by atoms with E-state index >= 15 is 0 Å². The van der Waals surface area contributed by atoms with Crippen molar-refractivity contribution in [2.45, 2.75) is 6.42 Å². The van der Waals surface area contributed by atoms with Crippen LogP contribution in [0.3, 0.4) is 0 Å². The first-order chi connectivity index (χ1) is 10.7. The fourth-order valence-corrected chi connectivity index (χ4v) is 2.89. The van der Waals surface area contributed by atoms with Crippen LogP contribution >= 0.6 is 11.3 Å². The van der Waals surface area contributed by atoms with Crippen LogP contribution in [0, 0.1) is 11.3 Å². The number of hydrogen-bond acceptors (Lipinski definition) is 10. The van der Waals surface area contributed by atoms with Crippen LogP contribution in [0.4, 0.5) is 5.00 Å². The first-order valence-electron chi connectivity index (χ1n) is 5.80. The highest BCUT2D eigenvalue weighted by molar-refractivity contribution is 7.18. The average Bonchev–Trinajstić information content (AvgIpc) is 2.74. The van der Waals surface area contributed by atoms with Gasteiger partial charge in [-0.15, -0.1) is 11.3 Å².